The van der Waals surface area contributed by atoms with Crippen molar-refractivity contribution < 1.29 is 13.7 Å². The third kappa shape index (κ3) is 2.95. The second-order valence-corrected chi connectivity index (χ2v) is 3.75. The number of anilines is 3. The van der Waals surface area contributed by atoms with Crippen LogP contribution in [0.5, 0.6) is 0 Å². The molecule has 0 amide bonds. The SMILES string of the molecule is NNc1cc([N+](=O)[O-])cc(Nc2ccc(F)c(F)c2)n1. The van der Waals surface area contributed by atoms with Crippen molar-refractivity contribution in [3.63, 3.8) is 0 Å². The molecule has 2 rings (SSSR count). The number of pyridine rings is 1. The van der Waals surface area contributed by atoms with E-state index in [4.69, 9.17) is 5.84 Å². The molecule has 9 heteroatoms. The van der Waals surface area contributed by atoms with Crippen molar-refractivity contribution in [2.45, 2.75) is 0 Å². The summed E-state index contributed by atoms with van der Waals surface area (Å²) in [6, 6.07) is 5.38. The molecule has 0 aliphatic heterocycles. The number of nitro groups is 1. The fourth-order valence-electron chi connectivity index (χ4n) is 1.48. The van der Waals surface area contributed by atoms with Gasteiger partial charge in [0.2, 0.25) is 0 Å². The summed E-state index contributed by atoms with van der Waals surface area (Å²) in [6.07, 6.45) is 0. The highest BCUT2D eigenvalue weighted by atomic mass is 19.2. The molecule has 0 aliphatic carbocycles. The third-order valence-corrected chi connectivity index (χ3v) is 2.36. The lowest BCUT2D eigenvalue weighted by atomic mass is 10.3. The molecule has 7 nitrogen and oxygen atoms in total. The van der Waals surface area contributed by atoms with Gasteiger partial charge in [-0.2, -0.15) is 0 Å². The number of benzene rings is 1. The van der Waals surface area contributed by atoms with Gasteiger partial charge in [-0.05, 0) is 12.1 Å². The monoisotopic (exact) mass is 281 g/mol. The molecule has 0 saturated heterocycles. The summed E-state index contributed by atoms with van der Waals surface area (Å²) < 4.78 is 25.9. The number of nitrogens with zero attached hydrogens (tertiary/aromatic N) is 2. The molecule has 1 aromatic heterocycles. The second-order valence-electron chi connectivity index (χ2n) is 3.75. The van der Waals surface area contributed by atoms with Crippen LogP contribution in [0.15, 0.2) is 30.3 Å². The van der Waals surface area contributed by atoms with Gasteiger partial charge in [0.15, 0.2) is 11.6 Å². The lowest BCUT2D eigenvalue weighted by molar-refractivity contribution is -0.384. The van der Waals surface area contributed by atoms with Gasteiger partial charge < -0.3 is 10.7 Å². The number of nitrogens with one attached hydrogen (secondary N) is 2. The van der Waals surface area contributed by atoms with Gasteiger partial charge in [-0.3, -0.25) is 10.1 Å². The zero-order chi connectivity index (χ0) is 14.7. The van der Waals surface area contributed by atoms with Crippen LogP contribution < -0.4 is 16.6 Å². The lowest BCUT2D eigenvalue weighted by Crippen LogP contribution is -2.10. The van der Waals surface area contributed by atoms with Gasteiger partial charge in [-0.1, -0.05) is 0 Å². The summed E-state index contributed by atoms with van der Waals surface area (Å²) in [5, 5.41) is 13.4. The molecule has 0 spiro atoms. The Bertz CT molecular complexity index is 665. The fraction of sp³-hybridized carbons (Fsp3) is 0. The van der Waals surface area contributed by atoms with Crippen LogP contribution in [0.4, 0.5) is 31.8 Å². The first kappa shape index (κ1) is 13.6. The Balaban J connectivity index is 2.34. The highest BCUT2D eigenvalue weighted by molar-refractivity contribution is 5.62. The van der Waals surface area contributed by atoms with Crippen molar-refractivity contribution in [3.05, 3.63) is 52.1 Å². The highest BCUT2D eigenvalue weighted by Crippen LogP contribution is 2.23. The van der Waals surface area contributed by atoms with Crippen LogP contribution in [0, 0.1) is 21.7 Å². The van der Waals surface area contributed by atoms with Gasteiger partial charge >= 0.3 is 0 Å². The van der Waals surface area contributed by atoms with Crippen molar-refractivity contribution >= 4 is 23.0 Å². The minimum absolute atomic E-state index is 0.0595. The molecular weight excluding hydrogens is 272 g/mol. The molecule has 4 N–H and O–H groups in total. The van der Waals surface area contributed by atoms with Crippen LogP contribution in [0.3, 0.4) is 0 Å². The quantitative estimate of drug-likeness (QED) is 0.451. The molecule has 0 unspecified atom stereocenters. The van der Waals surface area contributed by atoms with Gasteiger partial charge in [0.1, 0.15) is 11.6 Å². The Morgan fingerprint density at radius 3 is 2.45 bits per heavy atom. The standard InChI is InChI=1S/C11H9F2N5O2/c12-8-2-1-6(3-9(8)13)15-10-4-7(18(19)20)5-11(16-10)17-14/h1-5H,14H2,(H2,15,16,17). The number of hydrogen-bond donors (Lipinski definition) is 3. The molecule has 2 aromatic rings. The van der Waals surface area contributed by atoms with E-state index in [-0.39, 0.29) is 23.0 Å². The Labute approximate surface area is 111 Å². The van der Waals surface area contributed by atoms with Crippen LogP contribution >= 0.6 is 0 Å². The average Bonchev–Trinajstić information content (AvgIpc) is 2.42. The Hall–Kier alpha value is -2.81. The zero-order valence-corrected chi connectivity index (χ0v) is 9.93. The van der Waals surface area contributed by atoms with E-state index in [1.54, 1.807) is 0 Å². The molecule has 0 aliphatic rings. The van der Waals surface area contributed by atoms with E-state index in [2.05, 4.69) is 15.7 Å². The normalized spacial score (nSPS) is 10.2. The van der Waals surface area contributed by atoms with E-state index in [9.17, 15) is 18.9 Å². The molecule has 1 aromatic carbocycles. The van der Waals surface area contributed by atoms with E-state index >= 15 is 0 Å². The Morgan fingerprint density at radius 2 is 1.85 bits per heavy atom. The zero-order valence-electron chi connectivity index (χ0n) is 9.93. The van der Waals surface area contributed by atoms with Crippen LogP contribution in [-0.2, 0) is 0 Å². The minimum atomic E-state index is -1.04. The van der Waals surface area contributed by atoms with Gasteiger partial charge in [-0.15, -0.1) is 0 Å². The van der Waals surface area contributed by atoms with Crippen molar-refractivity contribution in [2.24, 2.45) is 5.84 Å². The van der Waals surface area contributed by atoms with Gasteiger partial charge in [-0.25, -0.2) is 19.6 Å². The van der Waals surface area contributed by atoms with Crippen LogP contribution in [0.1, 0.15) is 0 Å². The predicted octanol–water partition coefficient (Wildman–Crippen LogP) is 2.30. The lowest BCUT2D eigenvalue weighted by Gasteiger charge is -2.07. The van der Waals surface area contributed by atoms with Crippen LogP contribution in [0.25, 0.3) is 0 Å². The maximum absolute atomic E-state index is 13.1. The second kappa shape index (κ2) is 5.45. The average molecular weight is 281 g/mol. The maximum atomic E-state index is 13.1. The van der Waals surface area contributed by atoms with Crippen LogP contribution in [-0.4, -0.2) is 9.91 Å². The number of rotatable bonds is 4. The topological polar surface area (TPSA) is 106 Å². The Kier molecular flexibility index (Phi) is 3.71. The predicted molar refractivity (Wildman–Crippen MR) is 68.3 cm³/mol. The summed E-state index contributed by atoms with van der Waals surface area (Å²) in [5.41, 5.74) is 2.12. The van der Waals surface area contributed by atoms with Gasteiger partial charge in [0, 0.05) is 11.8 Å². The first-order chi connectivity index (χ1) is 9.49. The number of nitrogen functional groups attached to an aromatic ring is 1. The molecule has 20 heavy (non-hydrogen) atoms. The fourth-order valence-corrected chi connectivity index (χ4v) is 1.48. The number of hydrogen-bond acceptors (Lipinski definition) is 6. The number of aromatic nitrogens is 1. The van der Waals surface area contributed by atoms with E-state index in [0.29, 0.717) is 0 Å². The first-order valence-corrected chi connectivity index (χ1v) is 5.35. The number of nitrogens with two attached hydrogens (primary N) is 1. The van der Waals surface area contributed by atoms with Crippen molar-refractivity contribution in [3.8, 4) is 0 Å². The van der Waals surface area contributed by atoms with E-state index in [1.165, 1.54) is 6.07 Å². The van der Waals surface area contributed by atoms with Crippen molar-refractivity contribution in [1.82, 2.24) is 4.98 Å². The van der Waals surface area contributed by atoms with Gasteiger partial charge in [0.05, 0.1) is 17.1 Å². The third-order valence-electron chi connectivity index (χ3n) is 2.36. The smallest absolute Gasteiger partial charge is 0.276 e. The molecule has 1 heterocycles. The molecule has 0 radical (unpaired) electrons. The highest BCUT2D eigenvalue weighted by Gasteiger charge is 2.11. The van der Waals surface area contributed by atoms with Crippen molar-refractivity contribution in [1.29, 1.82) is 0 Å². The van der Waals surface area contributed by atoms with Crippen molar-refractivity contribution in [2.75, 3.05) is 10.7 Å². The van der Waals surface area contributed by atoms with E-state index < -0.39 is 16.6 Å². The first-order valence-electron chi connectivity index (χ1n) is 5.35. The van der Waals surface area contributed by atoms with E-state index in [1.807, 2.05) is 0 Å². The van der Waals surface area contributed by atoms with E-state index in [0.717, 1.165) is 24.3 Å². The van der Waals surface area contributed by atoms with Gasteiger partial charge in [0.25, 0.3) is 5.69 Å². The summed E-state index contributed by atoms with van der Waals surface area (Å²) in [7, 11) is 0. The molecule has 0 atom stereocenters. The minimum Gasteiger partial charge on any atom is -0.340 e. The van der Waals surface area contributed by atoms with Crippen LogP contribution in [0.2, 0.25) is 0 Å². The Morgan fingerprint density at radius 1 is 1.15 bits per heavy atom. The summed E-state index contributed by atoms with van der Waals surface area (Å²) in [4.78, 5) is 14.0. The number of halogens is 2. The molecule has 0 fully saturated rings. The maximum Gasteiger partial charge on any atom is 0.276 e. The summed E-state index contributed by atoms with van der Waals surface area (Å²) in [6.45, 7) is 0. The molecule has 0 bridgehead atoms. The molecular formula is C11H9F2N5O2. The summed E-state index contributed by atoms with van der Waals surface area (Å²) in [5.74, 6) is 3.24. The number of hydrazine groups is 1. The largest absolute Gasteiger partial charge is 0.340 e. The molecule has 104 valence electrons. The molecule has 0 saturated carbocycles. The summed E-state index contributed by atoms with van der Waals surface area (Å²) >= 11 is 0.